The van der Waals surface area contributed by atoms with Gasteiger partial charge in [0.15, 0.2) is 0 Å². The van der Waals surface area contributed by atoms with Crippen LogP contribution in [0.1, 0.15) is 20.3 Å². The van der Waals surface area contributed by atoms with E-state index in [1.165, 1.54) is 7.11 Å². The van der Waals surface area contributed by atoms with Gasteiger partial charge in [0, 0.05) is 13.0 Å². The number of nitrogens with one attached hydrogen (secondary N) is 1. The molecule has 4 nitrogen and oxygen atoms in total. The Kier molecular flexibility index (Phi) is 6.54. The molecule has 2 N–H and O–H groups in total. The summed E-state index contributed by atoms with van der Waals surface area (Å²) >= 11 is 0. The van der Waals surface area contributed by atoms with Gasteiger partial charge < -0.3 is 15.2 Å². The number of methoxy groups -OCH3 is 1. The minimum Gasteiger partial charge on any atom is -0.394 e. The number of rotatable bonds is 6. The minimum absolute atomic E-state index is 0.00842. The molecule has 0 bridgehead atoms. The summed E-state index contributed by atoms with van der Waals surface area (Å²) in [7, 11) is 1.54. The molecule has 2 atom stereocenters. The van der Waals surface area contributed by atoms with Gasteiger partial charge in [0.1, 0.15) is 0 Å². The predicted octanol–water partition coefficient (Wildman–Crippen LogP) is 0.156. The SMILES string of the molecule is CCC(C)C(=O)NC(CO)COC. The van der Waals surface area contributed by atoms with Crippen molar-refractivity contribution < 1.29 is 14.6 Å². The second-order valence-electron chi connectivity index (χ2n) is 3.15. The largest absolute Gasteiger partial charge is 0.394 e. The summed E-state index contributed by atoms with van der Waals surface area (Å²) in [5, 5.41) is 11.6. The maximum Gasteiger partial charge on any atom is 0.223 e. The Morgan fingerprint density at radius 1 is 1.62 bits per heavy atom. The maximum absolute atomic E-state index is 11.3. The van der Waals surface area contributed by atoms with Gasteiger partial charge in [0.2, 0.25) is 5.91 Å². The first kappa shape index (κ1) is 12.4. The van der Waals surface area contributed by atoms with E-state index in [0.29, 0.717) is 6.61 Å². The highest BCUT2D eigenvalue weighted by Gasteiger charge is 2.15. The molecule has 13 heavy (non-hydrogen) atoms. The summed E-state index contributed by atoms with van der Waals surface area (Å²) in [4.78, 5) is 11.3. The summed E-state index contributed by atoms with van der Waals surface area (Å²) in [6, 6.07) is -0.286. The Morgan fingerprint density at radius 2 is 2.23 bits per heavy atom. The summed E-state index contributed by atoms with van der Waals surface area (Å²) in [5.74, 6) is -0.0375. The van der Waals surface area contributed by atoms with Gasteiger partial charge in [0.25, 0.3) is 0 Å². The monoisotopic (exact) mass is 189 g/mol. The Balaban J connectivity index is 3.85. The van der Waals surface area contributed by atoms with Gasteiger partial charge in [-0.25, -0.2) is 0 Å². The van der Waals surface area contributed by atoms with Gasteiger partial charge in [-0.1, -0.05) is 13.8 Å². The van der Waals surface area contributed by atoms with E-state index in [2.05, 4.69) is 5.32 Å². The fraction of sp³-hybridized carbons (Fsp3) is 0.889. The molecule has 0 aliphatic heterocycles. The van der Waals surface area contributed by atoms with E-state index in [1.54, 1.807) is 0 Å². The zero-order chi connectivity index (χ0) is 10.3. The van der Waals surface area contributed by atoms with Crippen molar-refractivity contribution >= 4 is 5.91 Å². The molecule has 0 fully saturated rings. The van der Waals surface area contributed by atoms with Crippen molar-refractivity contribution in [1.29, 1.82) is 0 Å². The Morgan fingerprint density at radius 3 is 2.62 bits per heavy atom. The molecule has 0 heterocycles. The molecular weight excluding hydrogens is 170 g/mol. The van der Waals surface area contributed by atoms with Crippen molar-refractivity contribution in [2.24, 2.45) is 5.92 Å². The second-order valence-corrected chi connectivity index (χ2v) is 3.15. The van der Waals surface area contributed by atoms with Crippen LogP contribution < -0.4 is 5.32 Å². The van der Waals surface area contributed by atoms with E-state index >= 15 is 0 Å². The molecule has 0 saturated heterocycles. The van der Waals surface area contributed by atoms with Crippen LogP contribution in [0, 0.1) is 5.92 Å². The number of carbonyl (C=O) groups excluding carboxylic acids is 1. The fourth-order valence-corrected chi connectivity index (χ4v) is 0.870. The number of carbonyl (C=O) groups is 1. The lowest BCUT2D eigenvalue weighted by atomic mass is 10.1. The average molecular weight is 189 g/mol. The van der Waals surface area contributed by atoms with Crippen LogP contribution in [0.5, 0.6) is 0 Å². The number of amides is 1. The zero-order valence-electron chi connectivity index (χ0n) is 8.54. The lowest BCUT2D eigenvalue weighted by molar-refractivity contribution is -0.126. The molecule has 0 aromatic carbocycles. The average Bonchev–Trinajstić information content (AvgIpc) is 2.15. The lowest BCUT2D eigenvalue weighted by Crippen LogP contribution is -2.42. The van der Waals surface area contributed by atoms with Gasteiger partial charge in [0.05, 0.1) is 19.3 Å². The molecule has 0 aliphatic rings. The Hall–Kier alpha value is -0.610. The van der Waals surface area contributed by atoms with E-state index in [-0.39, 0.29) is 24.5 Å². The number of hydrogen-bond donors (Lipinski definition) is 2. The van der Waals surface area contributed by atoms with Crippen LogP contribution in [0.2, 0.25) is 0 Å². The first-order valence-corrected chi connectivity index (χ1v) is 4.55. The van der Waals surface area contributed by atoms with Crippen LogP contribution in [0.15, 0.2) is 0 Å². The second kappa shape index (κ2) is 6.86. The lowest BCUT2D eigenvalue weighted by Gasteiger charge is -2.17. The molecule has 2 unspecified atom stereocenters. The summed E-state index contributed by atoms with van der Waals surface area (Å²) in [6.45, 7) is 4.07. The van der Waals surface area contributed by atoms with Crippen LogP contribution in [0.3, 0.4) is 0 Å². The third-order valence-corrected chi connectivity index (χ3v) is 1.99. The first-order valence-electron chi connectivity index (χ1n) is 4.55. The molecule has 0 aromatic rings. The molecule has 0 spiro atoms. The normalized spacial score (nSPS) is 15.1. The molecule has 0 aromatic heterocycles. The van der Waals surface area contributed by atoms with Gasteiger partial charge in [-0.3, -0.25) is 4.79 Å². The number of aliphatic hydroxyl groups is 1. The molecule has 0 saturated carbocycles. The van der Waals surface area contributed by atoms with Crippen molar-refractivity contribution in [1.82, 2.24) is 5.32 Å². The number of hydrogen-bond acceptors (Lipinski definition) is 3. The molecular formula is C9H19NO3. The van der Waals surface area contributed by atoms with Crippen molar-refractivity contribution in [2.75, 3.05) is 20.3 Å². The van der Waals surface area contributed by atoms with E-state index in [1.807, 2.05) is 13.8 Å². The van der Waals surface area contributed by atoms with Crippen molar-refractivity contribution in [3.05, 3.63) is 0 Å². The smallest absolute Gasteiger partial charge is 0.223 e. The van der Waals surface area contributed by atoms with Crippen molar-refractivity contribution in [2.45, 2.75) is 26.3 Å². The van der Waals surface area contributed by atoms with E-state index in [4.69, 9.17) is 9.84 Å². The third-order valence-electron chi connectivity index (χ3n) is 1.99. The van der Waals surface area contributed by atoms with Crippen molar-refractivity contribution in [3.8, 4) is 0 Å². The highest BCUT2D eigenvalue weighted by atomic mass is 16.5. The summed E-state index contributed by atoms with van der Waals surface area (Å²) in [6.07, 6.45) is 0.803. The minimum atomic E-state index is -0.286. The van der Waals surface area contributed by atoms with Crippen molar-refractivity contribution in [3.63, 3.8) is 0 Å². The van der Waals surface area contributed by atoms with Crippen LogP contribution in [0.25, 0.3) is 0 Å². The maximum atomic E-state index is 11.3. The topological polar surface area (TPSA) is 58.6 Å². The predicted molar refractivity (Wildman–Crippen MR) is 50.3 cm³/mol. The van der Waals surface area contributed by atoms with Crippen LogP contribution in [-0.2, 0) is 9.53 Å². The van der Waals surface area contributed by atoms with Crippen LogP contribution >= 0.6 is 0 Å². The van der Waals surface area contributed by atoms with E-state index in [9.17, 15) is 4.79 Å². The standard InChI is InChI=1S/C9H19NO3/c1-4-7(2)9(12)10-8(5-11)6-13-3/h7-8,11H,4-6H2,1-3H3,(H,10,12). The first-order chi connectivity index (χ1) is 6.15. The molecule has 1 amide bonds. The van der Waals surface area contributed by atoms with E-state index < -0.39 is 0 Å². The Bertz CT molecular complexity index is 150. The summed E-state index contributed by atoms with van der Waals surface area (Å²) < 4.78 is 4.83. The number of ether oxygens (including phenoxy) is 1. The van der Waals surface area contributed by atoms with Gasteiger partial charge in [-0.15, -0.1) is 0 Å². The quantitative estimate of drug-likeness (QED) is 0.625. The Labute approximate surface area is 79.3 Å². The third kappa shape index (κ3) is 4.85. The molecule has 0 aliphatic carbocycles. The molecule has 0 rings (SSSR count). The molecule has 4 heteroatoms. The zero-order valence-corrected chi connectivity index (χ0v) is 8.54. The fourth-order valence-electron chi connectivity index (χ4n) is 0.870. The van der Waals surface area contributed by atoms with Crippen LogP contribution in [-0.4, -0.2) is 37.4 Å². The molecule has 0 radical (unpaired) electrons. The highest BCUT2D eigenvalue weighted by molar-refractivity contribution is 5.78. The number of aliphatic hydroxyl groups excluding tert-OH is 1. The highest BCUT2D eigenvalue weighted by Crippen LogP contribution is 2.00. The van der Waals surface area contributed by atoms with Gasteiger partial charge in [-0.05, 0) is 6.42 Å². The van der Waals surface area contributed by atoms with E-state index in [0.717, 1.165) is 6.42 Å². The van der Waals surface area contributed by atoms with Crippen LogP contribution in [0.4, 0.5) is 0 Å². The van der Waals surface area contributed by atoms with Gasteiger partial charge in [-0.2, -0.15) is 0 Å². The molecule has 78 valence electrons. The summed E-state index contributed by atoms with van der Waals surface area (Å²) in [5.41, 5.74) is 0. The van der Waals surface area contributed by atoms with Gasteiger partial charge >= 0.3 is 0 Å².